The Morgan fingerprint density at radius 3 is 2.75 bits per heavy atom. The van der Waals surface area contributed by atoms with E-state index in [-0.39, 0.29) is 5.91 Å². The van der Waals surface area contributed by atoms with E-state index in [2.05, 4.69) is 0 Å². The Bertz CT molecular complexity index is 132. The van der Waals surface area contributed by atoms with Crippen molar-refractivity contribution in [2.45, 2.75) is 12.8 Å². The lowest BCUT2D eigenvalue weighted by molar-refractivity contribution is -0.129. The van der Waals surface area contributed by atoms with E-state index >= 15 is 0 Å². The molecule has 0 aliphatic carbocycles. The zero-order valence-electron chi connectivity index (χ0n) is 7.68. The van der Waals surface area contributed by atoms with Crippen molar-refractivity contribution >= 4 is 29.3 Å². The summed E-state index contributed by atoms with van der Waals surface area (Å²) < 4.78 is 0. The molecule has 0 fully saturated rings. The number of hydrogen-bond donors (Lipinski definition) is 0. The molecular weight excluding hydrogens is 194 g/mol. The van der Waals surface area contributed by atoms with Gasteiger partial charge in [-0.1, -0.05) is 0 Å². The number of alkyl halides is 1. The fourth-order valence-corrected chi connectivity index (χ4v) is 1.35. The molecule has 0 unspecified atom stereocenters. The fourth-order valence-electron chi connectivity index (χ4n) is 0.762. The predicted octanol–water partition coefficient (Wildman–Crippen LogP) is 1.83. The molecular formula is C8H16ClNOS. The van der Waals surface area contributed by atoms with E-state index in [0.29, 0.717) is 12.3 Å². The number of hydrogen-bond acceptors (Lipinski definition) is 2. The molecule has 0 aliphatic rings. The van der Waals surface area contributed by atoms with Gasteiger partial charge in [-0.25, -0.2) is 0 Å². The van der Waals surface area contributed by atoms with Gasteiger partial charge in [-0.05, 0) is 12.7 Å². The Hall–Kier alpha value is 0.110. The van der Waals surface area contributed by atoms with Crippen LogP contribution < -0.4 is 0 Å². The summed E-state index contributed by atoms with van der Waals surface area (Å²) in [4.78, 5) is 13.0. The maximum atomic E-state index is 11.3. The highest BCUT2D eigenvalue weighted by molar-refractivity contribution is 7.98. The highest BCUT2D eigenvalue weighted by Crippen LogP contribution is 1.99. The van der Waals surface area contributed by atoms with Crippen LogP contribution in [0.3, 0.4) is 0 Å². The number of amides is 1. The molecule has 0 aromatic carbocycles. The minimum absolute atomic E-state index is 0.199. The first-order valence-electron chi connectivity index (χ1n) is 4.01. The SMILES string of the molecule is CSCCN(C)C(=O)CCCCl. The van der Waals surface area contributed by atoms with Crippen molar-refractivity contribution in [3.63, 3.8) is 0 Å². The summed E-state index contributed by atoms with van der Waals surface area (Å²) in [5.41, 5.74) is 0. The van der Waals surface area contributed by atoms with Crippen LogP contribution in [-0.4, -0.2) is 42.3 Å². The van der Waals surface area contributed by atoms with Crippen LogP contribution >= 0.6 is 23.4 Å². The van der Waals surface area contributed by atoms with E-state index in [1.54, 1.807) is 16.7 Å². The molecule has 2 nitrogen and oxygen atoms in total. The standard InChI is InChI=1S/C8H16ClNOS/c1-10(6-7-12-2)8(11)4-3-5-9/h3-7H2,1-2H3. The van der Waals surface area contributed by atoms with Crippen LogP contribution in [-0.2, 0) is 4.79 Å². The van der Waals surface area contributed by atoms with Crippen LogP contribution in [0.25, 0.3) is 0 Å². The first kappa shape index (κ1) is 12.1. The normalized spacial score (nSPS) is 9.92. The van der Waals surface area contributed by atoms with Crippen molar-refractivity contribution in [2.75, 3.05) is 31.5 Å². The van der Waals surface area contributed by atoms with Crippen LogP contribution in [0.4, 0.5) is 0 Å². The van der Waals surface area contributed by atoms with Crippen LogP contribution in [0, 0.1) is 0 Å². The summed E-state index contributed by atoms with van der Waals surface area (Å²) in [5.74, 6) is 1.77. The van der Waals surface area contributed by atoms with E-state index in [0.717, 1.165) is 18.7 Å². The van der Waals surface area contributed by atoms with Crippen molar-refractivity contribution < 1.29 is 4.79 Å². The van der Waals surface area contributed by atoms with Crippen molar-refractivity contribution in [1.29, 1.82) is 0 Å². The quantitative estimate of drug-likeness (QED) is 0.623. The smallest absolute Gasteiger partial charge is 0.222 e. The zero-order chi connectivity index (χ0) is 9.40. The zero-order valence-corrected chi connectivity index (χ0v) is 9.25. The lowest BCUT2D eigenvalue weighted by Gasteiger charge is -2.15. The second-order valence-electron chi connectivity index (χ2n) is 2.60. The molecule has 0 saturated carbocycles. The molecule has 0 heterocycles. The van der Waals surface area contributed by atoms with Crippen LogP contribution in [0.1, 0.15) is 12.8 Å². The number of halogens is 1. The average Bonchev–Trinajstić information content (AvgIpc) is 2.10. The van der Waals surface area contributed by atoms with Gasteiger partial charge in [0.2, 0.25) is 5.91 Å². The molecule has 4 heteroatoms. The third-order valence-corrected chi connectivity index (χ3v) is 2.44. The highest BCUT2D eigenvalue weighted by atomic mass is 35.5. The molecule has 0 spiro atoms. The third-order valence-electron chi connectivity index (χ3n) is 1.58. The lowest BCUT2D eigenvalue weighted by atomic mass is 10.3. The van der Waals surface area contributed by atoms with E-state index in [4.69, 9.17) is 11.6 Å². The molecule has 0 rings (SSSR count). The Labute approximate surface area is 83.6 Å². The number of nitrogens with zero attached hydrogens (tertiary/aromatic N) is 1. The van der Waals surface area contributed by atoms with Gasteiger partial charge >= 0.3 is 0 Å². The van der Waals surface area contributed by atoms with Gasteiger partial charge in [0.15, 0.2) is 0 Å². The molecule has 0 bridgehead atoms. The molecule has 72 valence electrons. The molecule has 0 atom stereocenters. The first-order chi connectivity index (χ1) is 5.72. The van der Waals surface area contributed by atoms with Crippen molar-refractivity contribution in [1.82, 2.24) is 4.90 Å². The molecule has 0 aromatic heterocycles. The fraction of sp³-hybridized carbons (Fsp3) is 0.875. The Kier molecular flexibility index (Phi) is 7.81. The number of carbonyl (C=O) groups is 1. The summed E-state index contributed by atoms with van der Waals surface area (Å²) >= 11 is 7.23. The van der Waals surface area contributed by atoms with Crippen molar-refractivity contribution in [2.24, 2.45) is 0 Å². The third kappa shape index (κ3) is 5.72. The topological polar surface area (TPSA) is 20.3 Å². The Morgan fingerprint density at radius 1 is 1.58 bits per heavy atom. The second kappa shape index (κ2) is 7.74. The van der Waals surface area contributed by atoms with Gasteiger partial charge in [0.1, 0.15) is 0 Å². The highest BCUT2D eigenvalue weighted by Gasteiger charge is 2.06. The summed E-state index contributed by atoms with van der Waals surface area (Å²) in [7, 11) is 1.84. The van der Waals surface area contributed by atoms with Gasteiger partial charge in [0.05, 0.1) is 0 Å². The van der Waals surface area contributed by atoms with Crippen molar-refractivity contribution in [3.8, 4) is 0 Å². The monoisotopic (exact) mass is 209 g/mol. The van der Waals surface area contributed by atoms with Crippen LogP contribution in [0.15, 0.2) is 0 Å². The summed E-state index contributed by atoms with van der Waals surface area (Å²) in [6, 6.07) is 0. The lowest BCUT2D eigenvalue weighted by Crippen LogP contribution is -2.28. The van der Waals surface area contributed by atoms with Gasteiger partial charge in [-0.15, -0.1) is 11.6 Å². The minimum Gasteiger partial charge on any atom is -0.345 e. The summed E-state index contributed by atoms with van der Waals surface area (Å²) in [5, 5.41) is 0. The maximum absolute atomic E-state index is 11.3. The Morgan fingerprint density at radius 2 is 2.25 bits per heavy atom. The molecule has 12 heavy (non-hydrogen) atoms. The van der Waals surface area contributed by atoms with Gasteiger partial charge < -0.3 is 4.90 Å². The largest absolute Gasteiger partial charge is 0.345 e. The van der Waals surface area contributed by atoms with E-state index in [1.807, 2.05) is 13.3 Å². The first-order valence-corrected chi connectivity index (χ1v) is 5.94. The van der Waals surface area contributed by atoms with Crippen LogP contribution in [0.5, 0.6) is 0 Å². The van der Waals surface area contributed by atoms with Crippen molar-refractivity contribution in [3.05, 3.63) is 0 Å². The van der Waals surface area contributed by atoms with Gasteiger partial charge in [0, 0.05) is 31.6 Å². The molecule has 0 aromatic rings. The number of carbonyl (C=O) groups excluding carboxylic acids is 1. The van der Waals surface area contributed by atoms with Gasteiger partial charge in [-0.2, -0.15) is 11.8 Å². The maximum Gasteiger partial charge on any atom is 0.222 e. The predicted molar refractivity (Wildman–Crippen MR) is 56.0 cm³/mol. The summed E-state index contributed by atoms with van der Waals surface area (Å²) in [6.07, 6.45) is 3.40. The molecule has 0 aliphatic heterocycles. The molecule has 1 amide bonds. The number of thioether (sulfide) groups is 1. The van der Waals surface area contributed by atoms with Gasteiger partial charge in [0.25, 0.3) is 0 Å². The van der Waals surface area contributed by atoms with Gasteiger partial charge in [-0.3, -0.25) is 4.79 Å². The van der Waals surface area contributed by atoms with Crippen LogP contribution in [0.2, 0.25) is 0 Å². The van der Waals surface area contributed by atoms with E-state index < -0.39 is 0 Å². The molecule has 0 radical (unpaired) electrons. The number of rotatable bonds is 6. The second-order valence-corrected chi connectivity index (χ2v) is 3.96. The van der Waals surface area contributed by atoms with E-state index in [1.165, 1.54) is 0 Å². The van der Waals surface area contributed by atoms with E-state index in [9.17, 15) is 4.79 Å². The minimum atomic E-state index is 0.199. The molecule has 0 saturated heterocycles. The summed E-state index contributed by atoms with van der Waals surface area (Å²) in [6.45, 7) is 0.836. The average molecular weight is 210 g/mol. The Balaban J connectivity index is 3.47. The molecule has 0 N–H and O–H groups in total.